The molecular weight excluding hydrogens is 504 g/mol. The number of nitrogens with zero attached hydrogens (tertiary/aromatic N) is 5. The minimum absolute atomic E-state index is 0.0347. The molecular formula is C25H31F2N5O4S. The first-order valence-electron chi connectivity index (χ1n) is 13.0. The Labute approximate surface area is 217 Å². The van der Waals surface area contributed by atoms with Crippen LogP contribution in [0.3, 0.4) is 0 Å². The quantitative estimate of drug-likeness (QED) is 0.598. The van der Waals surface area contributed by atoms with E-state index in [0.717, 1.165) is 32.0 Å². The molecule has 1 amide bonds. The number of carbonyl (C=O) groups excluding carboxylic acids is 1. The molecule has 0 bridgehead atoms. The number of anilines is 1. The van der Waals surface area contributed by atoms with Gasteiger partial charge in [-0.25, -0.2) is 21.6 Å². The Hall–Kier alpha value is -2.25. The second-order valence-electron chi connectivity index (χ2n) is 9.99. The first-order chi connectivity index (χ1) is 17.9. The highest BCUT2D eigenvalue weighted by Crippen LogP contribution is 2.38. The monoisotopic (exact) mass is 535 g/mol. The van der Waals surface area contributed by atoms with Gasteiger partial charge in [-0.15, -0.1) is 0 Å². The van der Waals surface area contributed by atoms with Crippen LogP contribution < -0.4 is 4.90 Å². The third-order valence-corrected chi connectivity index (χ3v) is 9.39. The Balaban J connectivity index is 1.27. The predicted molar refractivity (Wildman–Crippen MR) is 134 cm³/mol. The van der Waals surface area contributed by atoms with Gasteiger partial charge >= 0.3 is 0 Å². The maximum atomic E-state index is 14.7. The van der Waals surface area contributed by atoms with Crippen LogP contribution in [0.5, 0.6) is 0 Å². The second-order valence-corrected chi connectivity index (χ2v) is 11.5. The molecule has 1 spiro atoms. The molecule has 200 valence electrons. The van der Waals surface area contributed by atoms with Crippen molar-refractivity contribution in [3.8, 4) is 0 Å². The van der Waals surface area contributed by atoms with Crippen molar-refractivity contribution in [2.45, 2.75) is 31.5 Å². The smallest absolute Gasteiger partial charge is 0.257 e. The second kappa shape index (κ2) is 10.1. The van der Waals surface area contributed by atoms with Crippen LogP contribution in [0, 0.1) is 11.6 Å². The number of halogens is 2. The van der Waals surface area contributed by atoms with Gasteiger partial charge in [0.15, 0.2) is 22.8 Å². The van der Waals surface area contributed by atoms with Gasteiger partial charge in [-0.05, 0) is 18.9 Å². The van der Waals surface area contributed by atoms with Crippen LogP contribution >= 0.6 is 0 Å². The van der Waals surface area contributed by atoms with E-state index in [4.69, 9.17) is 9.47 Å². The van der Waals surface area contributed by atoms with Crippen molar-refractivity contribution in [3.63, 3.8) is 0 Å². The van der Waals surface area contributed by atoms with Crippen LogP contribution in [0.4, 0.5) is 14.5 Å². The molecule has 2 aromatic rings. The zero-order valence-corrected chi connectivity index (χ0v) is 21.5. The number of benzene rings is 1. The molecule has 0 aliphatic carbocycles. The van der Waals surface area contributed by atoms with Crippen LogP contribution in [0.1, 0.15) is 36.0 Å². The molecule has 1 aromatic heterocycles. The van der Waals surface area contributed by atoms with Gasteiger partial charge in [0, 0.05) is 82.8 Å². The Morgan fingerprint density at radius 2 is 1.57 bits per heavy atom. The van der Waals surface area contributed by atoms with E-state index in [1.165, 1.54) is 12.3 Å². The molecule has 37 heavy (non-hydrogen) atoms. The molecule has 12 heteroatoms. The maximum Gasteiger partial charge on any atom is 0.257 e. The van der Waals surface area contributed by atoms with Gasteiger partial charge in [-0.3, -0.25) is 9.78 Å². The summed E-state index contributed by atoms with van der Waals surface area (Å²) in [6.07, 6.45) is 4.69. The number of aromatic nitrogens is 1. The fourth-order valence-electron chi connectivity index (χ4n) is 5.79. The van der Waals surface area contributed by atoms with E-state index in [1.54, 1.807) is 4.90 Å². The maximum absolute atomic E-state index is 14.7. The summed E-state index contributed by atoms with van der Waals surface area (Å²) in [4.78, 5) is 21.7. The highest BCUT2D eigenvalue weighted by Gasteiger charge is 2.41. The first kappa shape index (κ1) is 25.1. The van der Waals surface area contributed by atoms with Crippen molar-refractivity contribution in [1.82, 2.24) is 18.5 Å². The van der Waals surface area contributed by atoms with Gasteiger partial charge in [0.25, 0.3) is 5.91 Å². The largest absolute Gasteiger partial charge is 0.370 e. The molecule has 9 nitrogen and oxygen atoms in total. The van der Waals surface area contributed by atoms with E-state index in [-0.39, 0.29) is 16.8 Å². The first-order valence-corrected chi connectivity index (χ1v) is 14.0. The van der Waals surface area contributed by atoms with Crippen LogP contribution in [0.2, 0.25) is 0 Å². The summed E-state index contributed by atoms with van der Waals surface area (Å²) >= 11 is -1.19. The third kappa shape index (κ3) is 4.74. The van der Waals surface area contributed by atoms with Crippen LogP contribution in [-0.2, 0) is 20.6 Å². The molecule has 4 saturated heterocycles. The van der Waals surface area contributed by atoms with Gasteiger partial charge in [0.2, 0.25) is 0 Å². The summed E-state index contributed by atoms with van der Waals surface area (Å²) in [5.41, 5.74) is 0.840. The summed E-state index contributed by atoms with van der Waals surface area (Å²) in [6.45, 7) is 5.61. The van der Waals surface area contributed by atoms with E-state index in [9.17, 15) is 17.8 Å². The number of carbonyl (C=O) groups is 1. The SMILES string of the molecule is O=C(c1cnc2c(F)cc(F)cc2c1N1CCC2(CC1)OCCO2)N1CCN(S(=O)N2CCCC2)CC1. The molecule has 0 saturated carbocycles. The summed E-state index contributed by atoms with van der Waals surface area (Å²) in [5.74, 6) is -2.34. The number of ether oxygens (including phenoxy) is 2. The minimum atomic E-state index is -1.19. The highest BCUT2D eigenvalue weighted by molar-refractivity contribution is 7.80. The zero-order valence-electron chi connectivity index (χ0n) is 20.7. The molecule has 0 radical (unpaired) electrons. The van der Waals surface area contributed by atoms with Crippen molar-refractivity contribution >= 4 is 33.7 Å². The summed E-state index contributed by atoms with van der Waals surface area (Å²) in [6, 6.07) is 2.06. The molecule has 1 unspecified atom stereocenters. The zero-order chi connectivity index (χ0) is 25.6. The van der Waals surface area contributed by atoms with Crippen molar-refractivity contribution in [1.29, 1.82) is 0 Å². The molecule has 5 heterocycles. The summed E-state index contributed by atoms with van der Waals surface area (Å²) in [5, 5.41) is 0.279. The van der Waals surface area contributed by atoms with Gasteiger partial charge < -0.3 is 19.3 Å². The van der Waals surface area contributed by atoms with Crippen molar-refractivity contribution in [3.05, 3.63) is 35.5 Å². The number of pyridine rings is 1. The van der Waals surface area contributed by atoms with E-state index < -0.39 is 28.6 Å². The number of rotatable bonds is 4. The van der Waals surface area contributed by atoms with Gasteiger partial charge in [0.1, 0.15) is 11.3 Å². The Morgan fingerprint density at radius 1 is 0.919 bits per heavy atom. The number of fused-ring (bicyclic) bond motifs is 1. The molecule has 6 rings (SSSR count). The Bertz CT molecular complexity index is 1200. The molecule has 1 aromatic carbocycles. The fourth-order valence-corrected chi connectivity index (χ4v) is 7.17. The lowest BCUT2D eigenvalue weighted by Crippen LogP contribution is -2.52. The van der Waals surface area contributed by atoms with Crippen LogP contribution in [0.15, 0.2) is 18.3 Å². The number of amides is 1. The number of hydrogen-bond acceptors (Lipinski definition) is 6. The molecule has 4 aliphatic rings. The van der Waals surface area contributed by atoms with E-state index in [2.05, 4.69) is 4.98 Å². The Morgan fingerprint density at radius 3 is 2.24 bits per heavy atom. The lowest BCUT2D eigenvalue weighted by Gasteiger charge is -2.40. The average Bonchev–Trinajstić information content (AvgIpc) is 3.61. The average molecular weight is 536 g/mol. The van der Waals surface area contributed by atoms with E-state index in [1.807, 2.05) is 13.5 Å². The lowest BCUT2D eigenvalue weighted by atomic mass is 9.99. The number of piperazine rings is 1. The molecule has 4 aliphatic heterocycles. The third-order valence-electron chi connectivity index (χ3n) is 7.78. The normalized spacial score (nSPS) is 23.8. The highest BCUT2D eigenvalue weighted by atomic mass is 32.2. The molecule has 4 fully saturated rings. The van der Waals surface area contributed by atoms with Crippen LogP contribution in [0.25, 0.3) is 10.9 Å². The molecule has 0 N–H and O–H groups in total. The Kier molecular flexibility index (Phi) is 6.87. The van der Waals surface area contributed by atoms with Gasteiger partial charge in [-0.2, -0.15) is 0 Å². The summed E-state index contributed by atoms with van der Waals surface area (Å²) < 4.78 is 57.5. The van der Waals surface area contributed by atoms with Gasteiger partial charge in [-0.1, -0.05) is 0 Å². The summed E-state index contributed by atoms with van der Waals surface area (Å²) in [7, 11) is 0. The van der Waals surface area contributed by atoms with Crippen molar-refractivity contribution < 1.29 is 27.3 Å². The minimum Gasteiger partial charge on any atom is -0.370 e. The van der Waals surface area contributed by atoms with E-state index in [0.29, 0.717) is 76.6 Å². The van der Waals surface area contributed by atoms with Crippen molar-refractivity contribution in [2.75, 3.05) is 70.5 Å². The fraction of sp³-hybridized carbons (Fsp3) is 0.600. The predicted octanol–water partition coefficient (Wildman–Crippen LogP) is 2.29. The lowest BCUT2D eigenvalue weighted by molar-refractivity contribution is -0.169. The van der Waals surface area contributed by atoms with E-state index >= 15 is 0 Å². The number of hydrogen-bond donors (Lipinski definition) is 0. The van der Waals surface area contributed by atoms with Crippen LogP contribution in [-0.4, -0.2) is 100.0 Å². The van der Waals surface area contributed by atoms with Gasteiger partial charge in [0.05, 0.1) is 24.5 Å². The standard InChI is InChI=1S/C25H31F2N5O4S/c26-18-15-19-22(21(27)16-18)28-17-20(23(19)29-7-3-25(4-8-29)35-13-14-36-25)24(33)30-9-11-32(12-10-30)37(34)31-5-1-2-6-31/h15-17H,1-14H2. The number of piperidine rings is 1. The van der Waals surface area contributed by atoms with Crippen molar-refractivity contribution in [2.24, 2.45) is 0 Å². The molecule has 1 atom stereocenters. The topological polar surface area (TPSA) is 78.5 Å².